The van der Waals surface area contributed by atoms with Gasteiger partial charge in [-0.2, -0.15) is 11.8 Å². The lowest BCUT2D eigenvalue weighted by molar-refractivity contribution is -0.119. The zero-order valence-electron chi connectivity index (χ0n) is 15.6. The fourth-order valence-electron chi connectivity index (χ4n) is 2.48. The first-order valence-corrected chi connectivity index (χ1v) is 11.9. The molecule has 0 unspecified atom stereocenters. The molecule has 152 valence electrons. The Labute approximate surface area is 174 Å². The van der Waals surface area contributed by atoms with Crippen LogP contribution in [0, 0.1) is 12.7 Å². The molecule has 9 heteroatoms. The lowest BCUT2D eigenvalue weighted by Gasteiger charge is -2.22. The number of amides is 1. The van der Waals surface area contributed by atoms with E-state index in [9.17, 15) is 17.6 Å². The second-order valence-corrected chi connectivity index (χ2v) is 9.68. The van der Waals surface area contributed by atoms with Crippen LogP contribution in [0.5, 0.6) is 0 Å². The van der Waals surface area contributed by atoms with Crippen LogP contribution in [-0.2, 0) is 20.6 Å². The maximum atomic E-state index is 13.3. The molecular weight excluding hydrogens is 423 g/mol. The number of nitrogens with one attached hydrogen (secondary N) is 1. The van der Waals surface area contributed by atoms with Crippen LogP contribution in [0.25, 0.3) is 0 Å². The molecular formula is C19H22ClFN2O3S2. The van der Waals surface area contributed by atoms with Crippen molar-refractivity contribution in [1.29, 1.82) is 0 Å². The Bertz CT molecular complexity index is 939. The van der Waals surface area contributed by atoms with Crippen molar-refractivity contribution in [3.63, 3.8) is 0 Å². The molecule has 2 aromatic rings. The summed E-state index contributed by atoms with van der Waals surface area (Å²) in [6.45, 7) is 2.05. The van der Waals surface area contributed by atoms with Gasteiger partial charge in [0.25, 0.3) is 0 Å². The van der Waals surface area contributed by atoms with Gasteiger partial charge >= 0.3 is 0 Å². The number of hydrogen-bond donors (Lipinski definition) is 1. The largest absolute Gasteiger partial charge is 0.354 e. The van der Waals surface area contributed by atoms with Crippen molar-refractivity contribution in [1.82, 2.24) is 5.32 Å². The van der Waals surface area contributed by atoms with E-state index < -0.39 is 28.3 Å². The number of thioether (sulfide) groups is 1. The van der Waals surface area contributed by atoms with Gasteiger partial charge in [0.1, 0.15) is 12.4 Å². The monoisotopic (exact) mass is 444 g/mol. The van der Waals surface area contributed by atoms with E-state index >= 15 is 0 Å². The molecule has 0 radical (unpaired) electrons. The van der Waals surface area contributed by atoms with E-state index in [0.717, 1.165) is 22.4 Å². The van der Waals surface area contributed by atoms with Crippen LogP contribution in [0.1, 0.15) is 11.1 Å². The molecule has 0 saturated heterocycles. The van der Waals surface area contributed by atoms with Gasteiger partial charge in [-0.15, -0.1) is 0 Å². The highest BCUT2D eigenvalue weighted by Crippen LogP contribution is 2.24. The van der Waals surface area contributed by atoms with Crippen LogP contribution in [0.15, 0.2) is 42.5 Å². The number of hydrogen-bond acceptors (Lipinski definition) is 4. The van der Waals surface area contributed by atoms with Crippen LogP contribution in [-0.4, -0.2) is 39.4 Å². The lowest BCUT2D eigenvalue weighted by Crippen LogP contribution is -2.41. The van der Waals surface area contributed by atoms with Crippen LogP contribution in [0.2, 0.25) is 5.02 Å². The van der Waals surface area contributed by atoms with Crippen LogP contribution in [0.4, 0.5) is 10.1 Å². The molecule has 0 aliphatic rings. The van der Waals surface area contributed by atoms with Crippen LogP contribution >= 0.6 is 23.4 Å². The molecule has 1 amide bonds. The topological polar surface area (TPSA) is 66.5 Å². The van der Waals surface area contributed by atoms with Gasteiger partial charge in [-0.25, -0.2) is 12.8 Å². The van der Waals surface area contributed by atoms with Gasteiger partial charge in [0.05, 0.1) is 17.0 Å². The van der Waals surface area contributed by atoms with Crippen LogP contribution in [0.3, 0.4) is 0 Å². The summed E-state index contributed by atoms with van der Waals surface area (Å²) < 4.78 is 38.3. The van der Waals surface area contributed by atoms with E-state index in [2.05, 4.69) is 17.4 Å². The van der Waals surface area contributed by atoms with E-state index in [4.69, 9.17) is 11.6 Å². The van der Waals surface area contributed by atoms with Crippen molar-refractivity contribution in [3.8, 4) is 0 Å². The molecule has 28 heavy (non-hydrogen) atoms. The summed E-state index contributed by atoms with van der Waals surface area (Å²) in [5, 5.41) is 2.50. The molecule has 1 N–H and O–H groups in total. The minimum atomic E-state index is -3.73. The second-order valence-electron chi connectivity index (χ2n) is 6.26. The molecule has 0 aliphatic carbocycles. The number of aryl methyl sites for hydroxylation is 1. The van der Waals surface area contributed by atoms with Gasteiger partial charge < -0.3 is 5.32 Å². The number of rotatable bonds is 9. The first kappa shape index (κ1) is 22.5. The average Bonchev–Trinajstić information content (AvgIpc) is 2.61. The maximum absolute atomic E-state index is 13.3. The minimum absolute atomic E-state index is 0.137. The third kappa shape index (κ3) is 7.00. The molecule has 0 spiro atoms. The summed E-state index contributed by atoms with van der Waals surface area (Å²) in [5.74, 6) is 0.429. The Morgan fingerprint density at radius 1 is 1.25 bits per heavy atom. The maximum Gasteiger partial charge on any atom is 0.240 e. The smallest absolute Gasteiger partial charge is 0.240 e. The third-order valence-corrected chi connectivity index (χ3v) is 6.26. The van der Waals surface area contributed by atoms with Crippen molar-refractivity contribution in [2.45, 2.75) is 12.7 Å². The highest BCUT2D eigenvalue weighted by molar-refractivity contribution is 7.98. The van der Waals surface area contributed by atoms with E-state index in [-0.39, 0.29) is 10.7 Å². The van der Waals surface area contributed by atoms with E-state index in [1.54, 1.807) is 11.8 Å². The van der Waals surface area contributed by atoms with Crippen molar-refractivity contribution in [3.05, 3.63) is 64.4 Å². The lowest BCUT2D eigenvalue weighted by atomic mass is 10.2. The predicted octanol–water partition coefficient (Wildman–Crippen LogP) is 3.60. The molecule has 2 rings (SSSR count). The number of halogens is 2. The van der Waals surface area contributed by atoms with Crippen molar-refractivity contribution in [2.75, 3.05) is 29.4 Å². The fourth-order valence-corrected chi connectivity index (χ4v) is 4.31. The molecule has 5 nitrogen and oxygen atoms in total. The quantitative estimate of drug-likeness (QED) is 0.600. The molecule has 0 atom stereocenters. The summed E-state index contributed by atoms with van der Waals surface area (Å²) in [6.07, 6.45) is 0.981. The Kier molecular flexibility index (Phi) is 8.15. The number of carbonyl (C=O) groups is 1. The van der Waals surface area contributed by atoms with Gasteiger partial charge in [-0.05, 0) is 30.7 Å². The normalized spacial score (nSPS) is 11.3. The summed E-state index contributed by atoms with van der Waals surface area (Å²) in [6, 6.07) is 11.7. The molecule has 0 aliphatic heterocycles. The Morgan fingerprint density at radius 2 is 2.00 bits per heavy atom. The standard InChI is InChI=1S/C19H22ClFN2O3S2/c1-14-4-3-5-15(10-14)13-27-9-8-22-19(24)12-23(28(2,25)26)16-6-7-18(21)17(20)11-16/h3-7,10-11H,8-9,12-13H2,1-2H3,(H,22,24). The number of carbonyl (C=O) groups excluding carboxylic acids is 1. The summed E-state index contributed by atoms with van der Waals surface area (Å²) in [7, 11) is -3.73. The molecule has 0 fully saturated rings. The zero-order chi connectivity index (χ0) is 20.7. The number of anilines is 1. The average molecular weight is 445 g/mol. The summed E-state index contributed by atoms with van der Waals surface area (Å²) >= 11 is 7.40. The predicted molar refractivity (Wildman–Crippen MR) is 114 cm³/mol. The van der Waals surface area contributed by atoms with Gasteiger partial charge in [0.15, 0.2) is 0 Å². The number of benzene rings is 2. The number of sulfonamides is 1. The highest BCUT2D eigenvalue weighted by atomic mass is 35.5. The summed E-state index contributed by atoms with van der Waals surface area (Å²) in [4.78, 5) is 12.2. The zero-order valence-corrected chi connectivity index (χ0v) is 18.0. The summed E-state index contributed by atoms with van der Waals surface area (Å²) in [5.41, 5.74) is 2.55. The van der Waals surface area contributed by atoms with Gasteiger partial charge in [-0.3, -0.25) is 9.10 Å². The van der Waals surface area contributed by atoms with Crippen LogP contribution < -0.4 is 9.62 Å². The Hall–Kier alpha value is -1.77. The fraction of sp³-hybridized carbons (Fsp3) is 0.316. The number of nitrogens with zero attached hydrogens (tertiary/aromatic N) is 1. The first-order valence-electron chi connectivity index (χ1n) is 8.49. The van der Waals surface area contributed by atoms with Gasteiger partial charge in [0.2, 0.25) is 15.9 Å². The molecule has 0 heterocycles. The molecule has 0 saturated carbocycles. The highest BCUT2D eigenvalue weighted by Gasteiger charge is 2.21. The molecule has 2 aromatic carbocycles. The van der Waals surface area contributed by atoms with Gasteiger partial charge in [-0.1, -0.05) is 41.4 Å². The third-order valence-electron chi connectivity index (χ3n) is 3.80. The minimum Gasteiger partial charge on any atom is -0.354 e. The van der Waals surface area contributed by atoms with E-state index in [1.165, 1.54) is 23.3 Å². The first-order chi connectivity index (χ1) is 13.2. The Balaban J connectivity index is 1.85. The molecule has 0 aromatic heterocycles. The second kappa shape index (κ2) is 10.1. The molecule has 0 bridgehead atoms. The van der Waals surface area contributed by atoms with Crippen molar-refractivity contribution >= 4 is 45.0 Å². The van der Waals surface area contributed by atoms with E-state index in [0.29, 0.717) is 12.3 Å². The van der Waals surface area contributed by atoms with Crippen molar-refractivity contribution < 1.29 is 17.6 Å². The SMILES string of the molecule is Cc1cccc(CSCCNC(=O)CN(c2ccc(F)c(Cl)c2)S(C)(=O)=O)c1. The Morgan fingerprint density at radius 3 is 2.64 bits per heavy atom. The van der Waals surface area contributed by atoms with Gasteiger partial charge in [0, 0.05) is 18.1 Å². The van der Waals surface area contributed by atoms with Crippen molar-refractivity contribution in [2.24, 2.45) is 0 Å². The van der Waals surface area contributed by atoms with E-state index in [1.807, 2.05) is 19.1 Å².